The fourth-order valence-electron chi connectivity index (χ4n) is 3.58. The summed E-state index contributed by atoms with van der Waals surface area (Å²) in [5.41, 5.74) is 3.25. The Hall–Kier alpha value is -3.06. The van der Waals surface area contributed by atoms with Gasteiger partial charge in [0, 0.05) is 38.3 Å². The first-order valence-electron chi connectivity index (χ1n) is 9.00. The third-order valence-electron chi connectivity index (χ3n) is 5.08. The number of carbonyl (C=O) groups is 1. The van der Waals surface area contributed by atoms with Crippen molar-refractivity contribution >= 4 is 17.0 Å². The molecule has 7 heteroatoms. The van der Waals surface area contributed by atoms with E-state index in [0.717, 1.165) is 31.1 Å². The van der Waals surface area contributed by atoms with Gasteiger partial charge in [0.15, 0.2) is 23.5 Å². The van der Waals surface area contributed by atoms with E-state index in [-0.39, 0.29) is 5.91 Å². The largest absolute Gasteiger partial charge is 0.454 e. The van der Waals surface area contributed by atoms with Crippen LogP contribution in [0.3, 0.4) is 0 Å². The van der Waals surface area contributed by atoms with Gasteiger partial charge >= 0.3 is 0 Å². The summed E-state index contributed by atoms with van der Waals surface area (Å²) in [4.78, 5) is 21.2. The van der Waals surface area contributed by atoms with Crippen LogP contribution in [-0.2, 0) is 6.54 Å². The van der Waals surface area contributed by atoms with Gasteiger partial charge in [-0.3, -0.25) is 9.69 Å². The molecule has 138 valence electrons. The lowest BCUT2D eigenvalue weighted by Gasteiger charge is -2.34. The molecule has 1 amide bonds. The first-order chi connectivity index (χ1) is 13.3. The Morgan fingerprint density at radius 1 is 1.00 bits per heavy atom. The number of ether oxygens (including phenoxy) is 2. The average molecular weight is 365 g/mol. The molecule has 2 aliphatic heterocycles. The smallest absolute Gasteiger partial charge is 0.254 e. The summed E-state index contributed by atoms with van der Waals surface area (Å²) in [6, 6.07) is 11.4. The zero-order valence-corrected chi connectivity index (χ0v) is 14.8. The highest BCUT2D eigenvalue weighted by Gasteiger charge is 2.23. The predicted molar refractivity (Wildman–Crippen MR) is 97.8 cm³/mol. The van der Waals surface area contributed by atoms with E-state index in [1.807, 2.05) is 17.0 Å². The fraction of sp³-hybridized carbons (Fsp3) is 0.300. The Morgan fingerprint density at radius 3 is 2.74 bits per heavy atom. The van der Waals surface area contributed by atoms with E-state index in [1.165, 1.54) is 12.0 Å². The lowest BCUT2D eigenvalue weighted by atomic mass is 10.1. The van der Waals surface area contributed by atoms with Crippen molar-refractivity contribution in [1.29, 1.82) is 0 Å². The van der Waals surface area contributed by atoms with Crippen molar-refractivity contribution in [2.75, 3.05) is 33.0 Å². The van der Waals surface area contributed by atoms with Crippen LogP contribution in [0.5, 0.6) is 11.5 Å². The highest BCUT2D eigenvalue weighted by atomic mass is 16.7. The minimum absolute atomic E-state index is 0.0441. The average Bonchev–Trinajstić information content (AvgIpc) is 3.36. The molecular formula is C20H19N3O4. The summed E-state index contributed by atoms with van der Waals surface area (Å²) in [7, 11) is 0. The van der Waals surface area contributed by atoms with Crippen LogP contribution in [-0.4, -0.2) is 53.7 Å². The highest BCUT2D eigenvalue weighted by Crippen LogP contribution is 2.32. The molecule has 3 heterocycles. The highest BCUT2D eigenvalue weighted by molar-refractivity contribution is 5.97. The van der Waals surface area contributed by atoms with E-state index in [0.29, 0.717) is 36.5 Å². The van der Waals surface area contributed by atoms with Crippen molar-refractivity contribution < 1.29 is 18.7 Å². The van der Waals surface area contributed by atoms with Gasteiger partial charge in [-0.25, -0.2) is 4.98 Å². The number of fused-ring (bicyclic) bond motifs is 2. The van der Waals surface area contributed by atoms with Gasteiger partial charge < -0.3 is 18.8 Å². The lowest BCUT2D eigenvalue weighted by Crippen LogP contribution is -2.48. The number of hydrogen-bond acceptors (Lipinski definition) is 6. The molecule has 27 heavy (non-hydrogen) atoms. The quantitative estimate of drug-likeness (QED) is 0.710. The molecule has 0 aliphatic carbocycles. The number of nitrogens with zero attached hydrogens (tertiary/aromatic N) is 3. The molecule has 3 aromatic rings. The van der Waals surface area contributed by atoms with Gasteiger partial charge in [-0.1, -0.05) is 6.07 Å². The first-order valence-corrected chi connectivity index (χ1v) is 9.00. The summed E-state index contributed by atoms with van der Waals surface area (Å²) in [5.74, 6) is 1.66. The van der Waals surface area contributed by atoms with Gasteiger partial charge in [0.05, 0.1) is 0 Å². The molecule has 7 nitrogen and oxygen atoms in total. The fourth-order valence-corrected chi connectivity index (χ4v) is 3.58. The van der Waals surface area contributed by atoms with Crippen LogP contribution in [0.1, 0.15) is 15.9 Å². The molecule has 1 saturated heterocycles. The molecule has 2 aliphatic rings. The van der Waals surface area contributed by atoms with E-state index in [4.69, 9.17) is 13.9 Å². The van der Waals surface area contributed by atoms with Crippen LogP contribution in [0.25, 0.3) is 11.1 Å². The van der Waals surface area contributed by atoms with Crippen LogP contribution in [0.2, 0.25) is 0 Å². The van der Waals surface area contributed by atoms with E-state index in [2.05, 4.69) is 16.0 Å². The van der Waals surface area contributed by atoms with Crippen LogP contribution < -0.4 is 9.47 Å². The Bertz CT molecular complexity index is 992. The number of hydrogen-bond donors (Lipinski definition) is 0. The van der Waals surface area contributed by atoms with Crippen molar-refractivity contribution in [3.05, 3.63) is 53.9 Å². The number of oxazole rings is 1. The number of piperazine rings is 1. The van der Waals surface area contributed by atoms with Crippen LogP contribution in [0.4, 0.5) is 0 Å². The molecule has 0 bridgehead atoms. The summed E-state index contributed by atoms with van der Waals surface area (Å²) >= 11 is 0. The van der Waals surface area contributed by atoms with E-state index >= 15 is 0 Å². The topological polar surface area (TPSA) is 68.0 Å². The second-order valence-electron chi connectivity index (χ2n) is 6.79. The van der Waals surface area contributed by atoms with Gasteiger partial charge in [-0.15, -0.1) is 0 Å². The number of rotatable bonds is 3. The number of benzene rings is 2. The van der Waals surface area contributed by atoms with Crippen molar-refractivity contribution in [3.8, 4) is 11.5 Å². The van der Waals surface area contributed by atoms with Gasteiger partial charge in [0.1, 0.15) is 5.52 Å². The van der Waals surface area contributed by atoms with Crippen molar-refractivity contribution in [1.82, 2.24) is 14.8 Å². The van der Waals surface area contributed by atoms with Gasteiger partial charge in [0.2, 0.25) is 6.79 Å². The Kier molecular flexibility index (Phi) is 3.94. The van der Waals surface area contributed by atoms with E-state index < -0.39 is 0 Å². The maximum atomic E-state index is 12.8. The van der Waals surface area contributed by atoms with E-state index in [1.54, 1.807) is 18.2 Å². The van der Waals surface area contributed by atoms with Crippen molar-refractivity contribution in [3.63, 3.8) is 0 Å². The molecule has 1 aromatic heterocycles. The van der Waals surface area contributed by atoms with Gasteiger partial charge in [-0.2, -0.15) is 0 Å². The molecule has 0 saturated carbocycles. The summed E-state index contributed by atoms with van der Waals surface area (Å²) in [6.07, 6.45) is 1.40. The van der Waals surface area contributed by atoms with Gasteiger partial charge in [-0.05, 0) is 35.9 Å². The number of aromatic nitrogens is 1. The summed E-state index contributed by atoms with van der Waals surface area (Å²) in [6.45, 7) is 4.22. The minimum Gasteiger partial charge on any atom is -0.454 e. The number of carbonyl (C=O) groups excluding carboxylic acids is 1. The van der Waals surface area contributed by atoms with Crippen molar-refractivity contribution in [2.45, 2.75) is 6.54 Å². The summed E-state index contributed by atoms with van der Waals surface area (Å²) < 4.78 is 16.0. The zero-order chi connectivity index (χ0) is 18.2. The van der Waals surface area contributed by atoms with Crippen LogP contribution in [0, 0.1) is 0 Å². The molecule has 0 N–H and O–H groups in total. The maximum Gasteiger partial charge on any atom is 0.254 e. The summed E-state index contributed by atoms with van der Waals surface area (Å²) in [5, 5.41) is 0. The first kappa shape index (κ1) is 16.1. The van der Waals surface area contributed by atoms with E-state index in [9.17, 15) is 4.79 Å². The second-order valence-corrected chi connectivity index (χ2v) is 6.79. The normalized spacial score (nSPS) is 16.8. The lowest BCUT2D eigenvalue weighted by molar-refractivity contribution is 0.0628. The Labute approximate surface area is 156 Å². The molecule has 0 atom stereocenters. The minimum atomic E-state index is 0.0441. The zero-order valence-electron chi connectivity index (χ0n) is 14.8. The second kappa shape index (κ2) is 6.59. The third kappa shape index (κ3) is 3.10. The number of amides is 1. The monoisotopic (exact) mass is 365 g/mol. The predicted octanol–water partition coefficient (Wildman–Crippen LogP) is 2.51. The molecule has 0 radical (unpaired) electrons. The SMILES string of the molecule is O=C(c1ccc2ocnc2c1)N1CCN(Cc2ccc3c(c2)OCO3)CC1. The Balaban J connectivity index is 1.21. The van der Waals surface area contributed by atoms with Crippen molar-refractivity contribution in [2.24, 2.45) is 0 Å². The third-order valence-corrected chi connectivity index (χ3v) is 5.08. The molecule has 0 spiro atoms. The maximum absolute atomic E-state index is 12.8. The molecule has 5 rings (SSSR count). The van der Waals surface area contributed by atoms with Crippen LogP contribution >= 0.6 is 0 Å². The Morgan fingerprint density at radius 2 is 1.85 bits per heavy atom. The standard InChI is InChI=1S/C20H19N3O4/c24-20(15-2-4-17-16(10-15)21-12-25-17)23-7-5-22(6-8-23)11-14-1-3-18-19(9-14)27-13-26-18/h1-4,9-10,12H,5-8,11,13H2. The molecule has 2 aromatic carbocycles. The molecule has 0 unspecified atom stereocenters. The molecule has 1 fully saturated rings. The van der Waals surface area contributed by atoms with Crippen LogP contribution in [0.15, 0.2) is 47.2 Å². The molecular weight excluding hydrogens is 346 g/mol. The van der Waals surface area contributed by atoms with Gasteiger partial charge in [0.25, 0.3) is 5.91 Å².